The summed E-state index contributed by atoms with van der Waals surface area (Å²) in [6.45, 7) is 4.71. The molecule has 1 saturated carbocycles. The quantitative estimate of drug-likeness (QED) is 0.574. The highest BCUT2D eigenvalue weighted by molar-refractivity contribution is 5.94. The number of nitrogens with one attached hydrogen (secondary N) is 2. The Bertz CT molecular complexity index is 1200. The van der Waals surface area contributed by atoms with Crippen LogP contribution in [-0.4, -0.2) is 108 Å². The van der Waals surface area contributed by atoms with Crippen molar-refractivity contribution in [3.63, 3.8) is 0 Å². The topological polar surface area (TPSA) is 122 Å². The molecule has 5 heterocycles. The summed E-state index contributed by atoms with van der Waals surface area (Å²) in [7, 11) is 1.45. The van der Waals surface area contributed by atoms with E-state index < -0.39 is 5.82 Å². The predicted molar refractivity (Wildman–Crippen MR) is 133 cm³/mol. The van der Waals surface area contributed by atoms with Crippen LogP contribution in [0.25, 0.3) is 11.3 Å². The Morgan fingerprint density at radius 2 is 2.00 bits per heavy atom. The van der Waals surface area contributed by atoms with E-state index in [0.717, 1.165) is 32.1 Å². The maximum atomic E-state index is 14.4. The summed E-state index contributed by atoms with van der Waals surface area (Å²) < 4.78 is 30.6. The number of hydrogen-bond donors (Lipinski definition) is 2. The SMILES string of the molecule is COc1cc(-c2cc(C(=O)N3CCC(C(=O)NC4COCC4N4CCOCC4)CC34CC4)n[nH]2)c(F)cn1. The van der Waals surface area contributed by atoms with Crippen LogP contribution in [0.2, 0.25) is 0 Å². The molecule has 3 unspecified atom stereocenters. The number of H-pyrrole nitrogens is 1. The van der Waals surface area contributed by atoms with Crippen LogP contribution in [0.1, 0.15) is 36.2 Å². The van der Waals surface area contributed by atoms with Crippen LogP contribution in [0.5, 0.6) is 5.88 Å². The summed E-state index contributed by atoms with van der Waals surface area (Å²) in [5.74, 6) is -0.590. The first-order chi connectivity index (χ1) is 18.5. The number of likely N-dealkylation sites (tertiary alicyclic amines) is 1. The van der Waals surface area contributed by atoms with Gasteiger partial charge in [-0.15, -0.1) is 0 Å². The standard InChI is InChI=1S/C26H33FN6O5/c1-36-23-10-17(18(27)13-28-23)19-11-20(31-30-19)25(35)33-5-2-16(12-26(33)3-4-26)24(34)29-21-14-38-15-22(21)32-6-8-37-9-7-32/h10-11,13,16,21-22H,2-9,12,14-15H2,1H3,(H,29,34)(H,30,31). The van der Waals surface area contributed by atoms with Gasteiger partial charge in [0.15, 0.2) is 11.5 Å². The van der Waals surface area contributed by atoms with E-state index in [9.17, 15) is 14.0 Å². The number of aromatic nitrogens is 3. The molecule has 2 aromatic rings. The summed E-state index contributed by atoms with van der Waals surface area (Å²) >= 11 is 0. The molecular formula is C26H33FN6O5. The van der Waals surface area contributed by atoms with Gasteiger partial charge in [-0.05, 0) is 31.7 Å². The number of ether oxygens (including phenoxy) is 3. The summed E-state index contributed by atoms with van der Waals surface area (Å²) in [6, 6.07) is 3.15. The average Bonchev–Trinajstić information content (AvgIpc) is 3.31. The molecule has 3 aliphatic heterocycles. The van der Waals surface area contributed by atoms with Gasteiger partial charge in [0.1, 0.15) is 0 Å². The Labute approximate surface area is 220 Å². The number of hydrogen-bond acceptors (Lipinski definition) is 8. The summed E-state index contributed by atoms with van der Waals surface area (Å²) in [5, 5.41) is 10.2. The fourth-order valence-corrected chi connectivity index (χ4v) is 6.05. The first-order valence-electron chi connectivity index (χ1n) is 13.2. The minimum absolute atomic E-state index is 0.0369. The largest absolute Gasteiger partial charge is 0.481 e. The molecule has 6 rings (SSSR count). The fraction of sp³-hybridized carbons (Fsp3) is 0.615. The molecule has 2 N–H and O–H groups in total. The number of aromatic amines is 1. The van der Waals surface area contributed by atoms with Gasteiger partial charge in [-0.3, -0.25) is 19.6 Å². The molecule has 4 fully saturated rings. The summed E-state index contributed by atoms with van der Waals surface area (Å²) in [6.07, 6.45) is 4.01. The van der Waals surface area contributed by atoms with E-state index in [1.165, 1.54) is 13.2 Å². The fourth-order valence-electron chi connectivity index (χ4n) is 6.05. The smallest absolute Gasteiger partial charge is 0.274 e. The molecule has 0 bridgehead atoms. The molecule has 1 spiro atoms. The van der Waals surface area contributed by atoms with E-state index in [-0.39, 0.29) is 52.5 Å². The maximum Gasteiger partial charge on any atom is 0.274 e. The highest BCUT2D eigenvalue weighted by atomic mass is 19.1. The normalized spacial score (nSPS) is 26.9. The molecule has 2 amide bonds. The number of rotatable bonds is 6. The molecule has 4 aliphatic rings. The lowest BCUT2D eigenvalue weighted by Crippen LogP contribution is -2.56. The molecule has 0 radical (unpaired) electrons. The second kappa shape index (κ2) is 10.2. The van der Waals surface area contributed by atoms with Gasteiger partial charge in [0.25, 0.3) is 5.91 Å². The molecule has 3 atom stereocenters. The van der Waals surface area contributed by atoms with E-state index in [0.29, 0.717) is 51.5 Å². The Morgan fingerprint density at radius 1 is 1.18 bits per heavy atom. The van der Waals surface area contributed by atoms with Gasteiger partial charge in [-0.25, -0.2) is 9.37 Å². The van der Waals surface area contributed by atoms with E-state index in [4.69, 9.17) is 14.2 Å². The molecule has 0 aromatic carbocycles. The van der Waals surface area contributed by atoms with Crippen molar-refractivity contribution in [1.29, 1.82) is 0 Å². The lowest BCUT2D eigenvalue weighted by Gasteiger charge is -2.40. The van der Waals surface area contributed by atoms with Crippen molar-refractivity contribution in [2.75, 3.05) is 53.2 Å². The van der Waals surface area contributed by atoms with Crippen LogP contribution in [0, 0.1) is 11.7 Å². The number of carbonyl (C=O) groups is 2. The van der Waals surface area contributed by atoms with Crippen LogP contribution >= 0.6 is 0 Å². The van der Waals surface area contributed by atoms with Crippen LogP contribution < -0.4 is 10.1 Å². The highest BCUT2D eigenvalue weighted by Gasteiger charge is 2.55. The maximum absolute atomic E-state index is 14.4. The number of methoxy groups -OCH3 is 1. The Balaban J connectivity index is 1.10. The molecule has 1 aliphatic carbocycles. The number of pyridine rings is 1. The minimum Gasteiger partial charge on any atom is -0.481 e. The molecule has 11 nitrogen and oxygen atoms in total. The van der Waals surface area contributed by atoms with Crippen LogP contribution in [0.4, 0.5) is 4.39 Å². The predicted octanol–water partition coefficient (Wildman–Crippen LogP) is 1.22. The number of amides is 2. The first kappa shape index (κ1) is 25.2. The number of piperidine rings is 1. The Kier molecular flexibility index (Phi) is 6.79. The monoisotopic (exact) mass is 528 g/mol. The van der Waals surface area contributed by atoms with E-state index in [1.807, 2.05) is 4.90 Å². The van der Waals surface area contributed by atoms with Crippen molar-refractivity contribution < 1.29 is 28.2 Å². The highest BCUT2D eigenvalue weighted by Crippen LogP contribution is 2.50. The summed E-state index contributed by atoms with van der Waals surface area (Å²) in [4.78, 5) is 34.8. The number of morpholine rings is 1. The molecular weight excluding hydrogens is 495 g/mol. The summed E-state index contributed by atoms with van der Waals surface area (Å²) in [5.41, 5.74) is 0.503. The molecule has 204 valence electrons. The minimum atomic E-state index is -0.539. The molecule has 12 heteroatoms. The van der Waals surface area contributed by atoms with E-state index in [1.54, 1.807) is 6.07 Å². The zero-order valence-electron chi connectivity index (χ0n) is 21.5. The van der Waals surface area contributed by atoms with Gasteiger partial charge in [-0.2, -0.15) is 5.10 Å². The van der Waals surface area contributed by atoms with Crippen molar-refractivity contribution >= 4 is 11.8 Å². The second-order valence-corrected chi connectivity index (χ2v) is 10.6. The van der Waals surface area contributed by atoms with Crippen molar-refractivity contribution in [2.24, 2.45) is 5.92 Å². The van der Waals surface area contributed by atoms with Crippen LogP contribution in [-0.2, 0) is 14.3 Å². The van der Waals surface area contributed by atoms with Crippen LogP contribution in [0.3, 0.4) is 0 Å². The third kappa shape index (κ3) is 4.76. The molecule has 2 aromatic heterocycles. The lowest BCUT2D eigenvalue weighted by molar-refractivity contribution is -0.128. The van der Waals surface area contributed by atoms with E-state index in [2.05, 4.69) is 25.4 Å². The van der Waals surface area contributed by atoms with Gasteiger partial charge in [0.2, 0.25) is 11.8 Å². The van der Waals surface area contributed by atoms with Crippen LogP contribution in [0.15, 0.2) is 18.3 Å². The number of nitrogens with zero attached hydrogens (tertiary/aromatic N) is 4. The average molecular weight is 529 g/mol. The second-order valence-electron chi connectivity index (χ2n) is 10.6. The van der Waals surface area contributed by atoms with Crippen molar-refractivity contribution in [3.8, 4) is 17.1 Å². The van der Waals surface area contributed by atoms with Crippen molar-refractivity contribution in [2.45, 2.75) is 43.3 Å². The molecule has 38 heavy (non-hydrogen) atoms. The Morgan fingerprint density at radius 3 is 2.76 bits per heavy atom. The molecule has 3 saturated heterocycles. The number of halogens is 1. The third-order valence-electron chi connectivity index (χ3n) is 8.36. The van der Waals surface area contributed by atoms with E-state index >= 15 is 0 Å². The third-order valence-corrected chi connectivity index (χ3v) is 8.36. The lowest BCUT2D eigenvalue weighted by atomic mass is 9.87. The van der Waals surface area contributed by atoms with Gasteiger partial charge in [0.05, 0.1) is 57.5 Å². The van der Waals surface area contributed by atoms with Gasteiger partial charge >= 0.3 is 0 Å². The zero-order chi connectivity index (χ0) is 26.3. The van der Waals surface area contributed by atoms with Gasteiger partial charge in [0, 0.05) is 42.7 Å². The zero-order valence-corrected chi connectivity index (χ0v) is 21.5. The Hall–Kier alpha value is -3.09. The van der Waals surface area contributed by atoms with Gasteiger partial charge in [-0.1, -0.05) is 0 Å². The first-order valence-corrected chi connectivity index (χ1v) is 13.2. The van der Waals surface area contributed by atoms with Gasteiger partial charge < -0.3 is 24.4 Å². The number of carbonyl (C=O) groups excluding carboxylic acids is 2. The van der Waals surface area contributed by atoms with Crippen molar-refractivity contribution in [3.05, 3.63) is 29.8 Å². The van der Waals surface area contributed by atoms with Crippen molar-refractivity contribution in [1.82, 2.24) is 30.3 Å².